The molecule has 0 N–H and O–H groups in total. The van der Waals surface area contributed by atoms with E-state index in [1.165, 1.54) is 12.8 Å². The van der Waals surface area contributed by atoms with Crippen LogP contribution in [0.4, 0.5) is 0 Å². The van der Waals surface area contributed by atoms with Crippen LogP contribution in [0.25, 0.3) is 0 Å². The van der Waals surface area contributed by atoms with Crippen molar-refractivity contribution in [2.75, 3.05) is 13.7 Å². The van der Waals surface area contributed by atoms with E-state index < -0.39 is 0 Å². The second-order valence-corrected chi connectivity index (χ2v) is 3.18. The van der Waals surface area contributed by atoms with Gasteiger partial charge in [0.25, 0.3) is 0 Å². The highest BCUT2D eigenvalue weighted by Crippen LogP contribution is 2.31. The molecule has 0 atom stereocenters. The Morgan fingerprint density at radius 2 is 2.25 bits per heavy atom. The van der Waals surface area contributed by atoms with E-state index in [1.807, 2.05) is 0 Å². The lowest BCUT2D eigenvalue weighted by Crippen LogP contribution is -2.27. The van der Waals surface area contributed by atoms with E-state index in [1.54, 1.807) is 7.11 Å². The lowest BCUT2D eigenvalue weighted by atomic mass is 9.86. The first-order chi connectivity index (χ1) is 3.83. The molecule has 0 aromatic heterocycles. The molecule has 0 heterocycles. The van der Waals surface area contributed by atoms with Crippen LogP contribution in [0, 0.1) is 5.92 Å². The van der Waals surface area contributed by atoms with Crippen molar-refractivity contribution in [1.29, 1.82) is 0 Å². The molecule has 0 aromatic carbocycles. The summed E-state index contributed by atoms with van der Waals surface area (Å²) in [5.74, 6) is 0.808. The van der Waals surface area contributed by atoms with Crippen molar-refractivity contribution >= 4 is 12.6 Å². The molecule has 1 fully saturated rings. The Balaban J connectivity index is 1.98. The van der Waals surface area contributed by atoms with Crippen molar-refractivity contribution < 1.29 is 4.74 Å². The molecule has 1 saturated carbocycles. The Morgan fingerprint density at radius 3 is 2.62 bits per heavy atom. The molecule has 0 bridgehead atoms. The molecule has 8 heavy (non-hydrogen) atoms. The summed E-state index contributed by atoms with van der Waals surface area (Å²) in [6.45, 7) is 0.928. The van der Waals surface area contributed by atoms with Crippen molar-refractivity contribution in [3.63, 3.8) is 0 Å². The van der Waals surface area contributed by atoms with Crippen LogP contribution < -0.4 is 0 Å². The second kappa shape index (κ2) is 2.74. The fourth-order valence-electron chi connectivity index (χ4n) is 1.07. The van der Waals surface area contributed by atoms with Gasteiger partial charge < -0.3 is 4.74 Å². The van der Waals surface area contributed by atoms with E-state index in [2.05, 4.69) is 12.6 Å². The Hall–Kier alpha value is 0.310. The minimum Gasteiger partial charge on any atom is -0.384 e. The highest BCUT2D eigenvalue weighted by atomic mass is 32.1. The quantitative estimate of drug-likeness (QED) is 0.558. The van der Waals surface area contributed by atoms with Crippen LogP contribution in [0.1, 0.15) is 12.8 Å². The van der Waals surface area contributed by atoms with Crippen molar-refractivity contribution in [2.24, 2.45) is 5.92 Å². The van der Waals surface area contributed by atoms with Gasteiger partial charge in [0.2, 0.25) is 0 Å². The van der Waals surface area contributed by atoms with Crippen LogP contribution in [-0.2, 0) is 4.74 Å². The van der Waals surface area contributed by atoms with E-state index in [0.29, 0.717) is 5.25 Å². The SMILES string of the molecule is COCC1CC(S)C1. The van der Waals surface area contributed by atoms with E-state index >= 15 is 0 Å². The smallest absolute Gasteiger partial charge is 0.0491 e. The molecule has 0 radical (unpaired) electrons. The summed E-state index contributed by atoms with van der Waals surface area (Å²) < 4.78 is 4.96. The first kappa shape index (κ1) is 6.43. The number of hydrogen-bond acceptors (Lipinski definition) is 2. The number of methoxy groups -OCH3 is 1. The number of thiol groups is 1. The molecule has 0 saturated heterocycles. The Kier molecular flexibility index (Phi) is 2.20. The van der Waals surface area contributed by atoms with Crippen molar-refractivity contribution in [2.45, 2.75) is 18.1 Å². The van der Waals surface area contributed by atoms with Gasteiger partial charge in [-0.25, -0.2) is 0 Å². The first-order valence-electron chi connectivity index (χ1n) is 3.00. The monoisotopic (exact) mass is 132 g/mol. The third-order valence-corrected chi connectivity index (χ3v) is 2.03. The van der Waals surface area contributed by atoms with E-state index in [0.717, 1.165) is 12.5 Å². The van der Waals surface area contributed by atoms with Gasteiger partial charge in [-0.3, -0.25) is 0 Å². The molecule has 48 valence electrons. The standard InChI is InChI=1S/C6H12OS/c1-7-4-5-2-6(8)3-5/h5-6,8H,2-4H2,1H3. The molecule has 1 rings (SSSR count). The van der Waals surface area contributed by atoms with Crippen LogP contribution in [0.15, 0.2) is 0 Å². The average Bonchev–Trinajstić information content (AvgIpc) is 1.64. The van der Waals surface area contributed by atoms with Gasteiger partial charge in [-0.2, -0.15) is 12.6 Å². The van der Waals surface area contributed by atoms with Crippen LogP contribution in [0.3, 0.4) is 0 Å². The summed E-state index contributed by atoms with van der Waals surface area (Å²) in [5, 5.41) is 0.662. The molecule has 0 amide bonds. The third-order valence-electron chi connectivity index (χ3n) is 1.61. The number of ether oxygens (including phenoxy) is 1. The van der Waals surface area contributed by atoms with Crippen LogP contribution in [0.5, 0.6) is 0 Å². The van der Waals surface area contributed by atoms with Gasteiger partial charge in [-0.05, 0) is 18.8 Å². The molecule has 1 aliphatic rings. The van der Waals surface area contributed by atoms with Crippen molar-refractivity contribution in [1.82, 2.24) is 0 Å². The normalized spacial score (nSPS) is 36.8. The maximum Gasteiger partial charge on any atom is 0.0491 e. The Bertz CT molecular complexity index is 66.2. The van der Waals surface area contributed by atoms with E-state index in [4.69, 9.17) is 4.74 Å². The van der Waals surface area contributed by atoms with Gasteiger partial charge >= 0.3 is 0 Å². The molecule has 0 unspecified atom stereocenters. The average molecular weight is 132 g/mol. The van der Waals surface area contributed by atoms with Crippen molar-refractivity contribution in [3.8, 4) is 0 Å². The molecule has 2 heteroatoms. The largest absolute Gasteiger partial charge is 0.384 e. The van der Waals surface area contributed by atoms with E-state index in [9.17, 15) is 0 Å². The highest BCUT2D eigenvalue weighted by molar-refractivity contribution is 7.81. The second-order valence-electron chi connectivity index (χ2n) is 2.45. The fraction of sp³-hybridized carbons (Fsp3) is 1.00. The minimum absolute atomic E-state index is 0.662. The summed E-state index contributed by atoms with van der Waals surface area (Å²) >= 11 is 4.28. The molecule has 1 nitrogen and oxygen atoms in total. The third kappa shape index (κ3) is 1.39. The summed E-state index contributed by atoms with van der Waals surface area (Å²) in [6.07, 6.45) is 2.49. The summed E-state index contributed by atoms with van der Waals surface area (Å²) in [6, 6.07) is 0. The van der Waals surface area contributed by atoms with Gasteiger partial charge in [0.05, 0.1) is 0 Å². The van der Waals surface area contributed by atoms with Crippen LogP contribution in [-0.4, -0.2) is 19.0 Å². The predicted octanol–water partition coefficient (Wildman–Crippen LogP) is 1.34. The Labute approximate surface area is 55.8 Å². The highest BCUT2D eigenvalue weighted by Gasteiger charge is 2.25. The maximum atomic E-state index is 4.96. The lowest BCUT2D eigenvalue weighted by molar-refractivity contribution is 0.115. The summed E-state index contributed by atoms with van der Waals surface area (Å²) in [5.41, 5.74) is 0. The van der Waals surface area contributed by atoms with Gasteiger partial charge in [0.1, 0.15) is 0 Å². The topological polar surface area (TPSA) is 9.23 Å². The molecule has 0 aromatic rings. The molecular formula is C6H12OS. The van der Waals surface area contributed by atoms with Crippen LogP contribution in [0.2, 0.25) is 0 Å². The first-order valence-corrected chi connectivity index (χ1v) is 3.51. The van der Waals surface area contributed by atoms with Crippen LogP contribution >= 0.6 is 12.6 Å². The fourth-order valence-corrected chi connectivity index (χ4v) is 1.67. The zero-order valence-corrected chi connectivity index (χ0v) is 6.03. The summed E-state index contributed by atoms with van der Waals surface area (Å²) in [4.78, 5) is 0. The van der Waals surface area contributed by atoms with Gasteiger partial charge in [-0.1, -0.05) is 0 Å². The number of hydrogen-bond donors (Lipinski definition) is 1. The summed E-state index contributed by atoms with van der Waals surface area (Å²) in [7, 11) is 1.76. The van der Waals surface area contributed by atoms with Crippen molar-refractivity contribution in [3.05, 3.63) is 0 Å². The van der Waals surface area contributed by atoms with Gasteiger partial charge in [0, 0.05) is 19.0 Å². The zero-order chi connectivity index (χ0) is 5.98. The predicted molar refractivity (Wildman–Crippen MR) is 37.4 cm³/mol. The maximum absolute atomic E-state index is 4.96. The van der Waals surface area contributed by atoms with E-state index in [-0.39, 0.29) is 0 Å². The molecule has 1 aliphatic carbocycles. The molecular weight excluding hydrogens is 120 g/mol. The van der Waals surface area contributed by atoms with Gasteiger partial charge in [-0.15, -0.1) is 0 Å². The molecule has 0 spiro atoms. The molecule has 0 aliphatic heterocycles. The van der Waals surface area contributed by atoms with Gasteiger partial charge in [0.15, 0.2) is 0 Å². The minimum atomic E-state index is 0.662. The Morgan fingerprint density at radius 1 is 1.62 bits per heavy atom. The number of rotatable bonds is 2. The lowest BCUT2D eigenvalue weighted by Gasteiger charge is -2.30. The zero-order valence-electron chi connectivity index (χ0n) is 5.13.